The summed E-state index contributed by atoms with van der Waals surface area (Å²) in [6.07, 6.45) is 15.3. The minimum absolute atomic E-state index is 0.0742. The third-order valence-electron chi connectivity index (χ3n) is 7.60. The van der Waals surface area contributed by atoms with Gasteiger partial charge in [-0.1, -0.05) is 39.8 Å². The molecule has 6 heteroatoms. The number of ketones is 1. The molecule has 40 heavy (non-hydrogen) atoms. The summed E-state index contributed by atoms with van der Waals surface area (Å²) in [5, 5.41) is 2.26. The standard InChI is InChI=1S/C34H48O4S2/c1-13-33(3,4)31(35)23-15-17-24(18-16-23)32(36)37-25-19-27-28(29(21-25)39(7,8)9)20-26(38-34(5,6)14-2)22-30(27)40(10,11)12/h15-22H,13-14H2,1-12H3. The Morgan fingerprint density at radius 3 is 1.57 bits per heavy atom. The zero-order chi connectivity index (χ0) is 30.3. The molecule has 0 fully saturated rings. The van der Waals surface area contributed by atoms with Crippen molar-refractivity contribution in [2.24, 2.45) is 5.41 Å². The molecule has 3 aromatic rings. The van der Waals surface area contributed by atoms with Gasteiger partial charge in [-0.15, -0.1) is 0 Å². The molecule has 0 aliphatic carbocycles. The van der Waals surface area contributed by atoms with E-state index in [0.717, 1.165) is 29.4 Å². The second-order valence-corrected chi connectivity index (χ2v) is 21.6. The Morgan fingerprint density at radius 2 is 1.12 bits per heavy atom. The van der Waals surface area contributed by atoms with Crippen LogP contribution in [0.5, 0.6) is 11.5 Å². The lowest BCUT2D eigenvalue weighted by atomic mass is 9.82. The van der Waals surface area contributed by atoms with Crippen LogP contribution >= 0.6 is 20.1 Å². The number of hydrogen-bond acceptors (Lipinski definition) is 4. The van der Waals surface area contributed by atoms with Gasteiger partial charge in [0.2, 0.25) is 0 Å². The minimum atomic E-state index is -1.19. The van der Waals surface area contributed by atoms with Gasteiger partial charge in [0.1, 0.15) is 17.1 Å². The fourth-order valence-electron chi connectivity index (χ4n) is 4.34. The normalized spacial score (nSPS) is 13.7. The highest BCUT2D eigenvalue weighted by molar-refractivity contribution is 8.32. The molecule has 0 bridgehead atoms. The number of hydrogen-bond donors (Lipinski definition) is 0. The van der Waals surface area contributed by atoms with Crippen LogP contribution in [0.2, 0.25) is 0 Å². The first kappa shape index (κ1) is 32.1. The molecule has 0 aliphatic heterocycles. The summed E-state index contributed by atoms with van der Waals surface area (Å²) in [5.41, 5.74) is 0.315. The van der Waals surface area contributed by atoms with E-state index in [2.05, 4.69) is 70.4 Å². The van der Waals surface area contributed by atoms with E-state index in [0.29, 0.717) is 16.9 Å². The molecule has 0 atom stereocenters. The molecule has 0 heterocycles. The first-order chi connectivity index (χ1) is 18.3. The summed E-state index contributed by atoms with van der Waals surface area (Å²) in [5.74, 6) is 1.06. The van der Waals surface area contributed by atoms with Crippen LogP contribution in [0.15, 0.2) is 58.3 Å². The van der Waals surface area contributed by atoms with Crippen LogP contribution in [0, 0.1) is 5.41 Å². The topological polar surface area (TPSA) is 52.6 Å². The maximum Gasteiger partial charge on any atom is 0.343 e. The number of ether oxygens (including phenoxy) is 2. The molecule has 0 aliphatic rings. The summed E-state index contributed by atoms with van der Waals surface area (Å²) < 4.78 is 12.5. The SMILES string of the molecule is CCC(C)(C)Oc1cc(S(C)(C)C)c2cc(OC(=O)c3ccc(C(=O)C(C)(C)CC)cc3)cc(S(C)(C)C)c2c1. The molecule has 0 N–H and O–H groups in total. The Bertz CT molecular complexity index is 1410. The van der Waals surface area contributed by atoms with Crippen LogP contribution in [0.3, 0.4) is 0 Å². The fourth-order valence-corrected chi connectivity index (χ4v) is 6.94. The second-order valence-electron chi connectivity index (χ2n) is 13.4. The molecule has 0 unspecified atom stereocenters. The summed E-state index contributed by atoms with van der Waals surface area (Å²) >= 11 is 0. The molecule has 0 radical (unpaired) electrons. The number of rotatable bonds is 10. The van der Waals surface area contributed by atoms with Gasteiger partial charge in [0.15, 0.2) is 5.78 Å². The molecule has 3 rings (SSSR count). The van der Waals surface area contributed by atoms with E-state index in [-0.39, 0.29) is 11.4 Å². The molecular formula is C34H48O4S2. The molecule has 0 amide bonds. The Hall–Kier alpha value is -2.44. The highest BCUT2D eigenvalue weighted by Gasteiger charge is 2.27. The average molecular weight is 585 g/mol. The Kier molecular flexibility index (Phi) is 9.18. The van der Waals surface area contributed by atoms with Crippen molar-refractivity contribution in [2.45, 2.75) is 69.8 Å². The lowest BCUT2D eigenvalue weighted by Gasteiger charge is -2.33. The van der Waals surface area contributed by atoms with Gasteiger partial charge in [0.05, 0.1) is 5.56 Å². The first-order valence-corrected chi connectivity index (χ1v) is 19.6. The lowest BCUT2D eigenvalue weighted by molar-refractivity contribution is 0.0733. The lowest BCUT2D eigenvalue weighted by Crippen LogP contribution is -2.26. The van der Waals surface area contributed by atoms with Gasteiger partial charge in [-0.3, -0.25) is 4.79 Å². The van der Waals surface area contributed by atoms with E-state index >= 15 is 0 Å². The van der Waals surface area contributed by atoms with E-state index in [1.165, 1.54) is 9.79 Å². The number of fused-ring (bicyclic) bond motifs is 1. The molecule has 0 saturated heterocycles. The van der Waals surface area contributed by atoms with Crippen molar-refractivity contribution in [3.05, 3.63) is 59.7 Å². The van der Waals surface area contributed by atoms with Crippen LogP contribution in [-0.2, 0) is 0 Å². The van der Waals surface area contributed by atoms with Crippen LogP contribution in [0.25, 0.3) is 10.8 Å². The quantitative estimate of drug-likeness (QED) is 0.135. The van der Waals surface area contributed by atoms with Crippen molar-refractivity contribution in [3.8, 4) is 11.5 Å². The summed E-state index contributed by atoms with van der Waals surface area (Å²) in [4.78, 5) is 28.5. The van der Waals surface area contributed by atoms with Gasteiger partial charge >= 0.3 is 5.97 Å². The molecule has 0 aromatic heterocycles. The maximum atomic E-state index is 13.3. The predicted molar refractivity (Wildman–Crippen MR) is 176 cm³/mol. The monoisotopic (exact) mass is 584 g/mol. The van der Waals surface area contributed by atoms with E-state index in [1.807, 2.05) is 32.9 Å². The van der Waals surface area contributed by atoms with E-state index < -0.39 is 31.4 Å². The third kappa shape index (κ3) is 7.25. The van der Waals surface area contributed by atoms with Crippen molar-refractivity contribution < 1.29 is 19.1 Å². The second kappa shape index (κ2) is 11.4. The molecule has 0 spiro atoms. The summed E-state index contributed by atoms with van der Waals surface area (Å²) in [7, 11) is -2.33. The average Bonchev–Trinajstić information content (AvgIpc) is 2.86. The first-order valence-electron chi connectivity index (χ1n) is 13.8. The van der Waals surface area contributed by atoms with Gasteiger partial charge in [-0.05, 0) is 111 Å². The Balaban J connectivity index is 2.09. The Labute approximate surface area is 244 Å². The van der Waals surface area contributed by atoms with Crippen molar-refractivity contribution in [2.75, 3.05) is 37.5 Å². The van der Waals surface area contributed by atoms with Crippen LogP contribution in [-0.4, -0.2) is 54.9 Å². The van der Waals surface area contributed by atoms with Crippen LogP contribution in [0.4, 0.5) is 0 Å². The summed E-state index contributed by atoms with van der Waals surface area (Å²) in [6.45, 7) is 12.3. The van der Waals surface area contributed by atoms with Gasteiger partial charge in [-0.25, -0.2) is 24.9 Å². The van der Waals surface area contributed by atoms with Crippen molar-refractivity contribution in [3.63, 3.8) is 0 Å². The maximum absolute atomic E-state index is 13.3. The number of carbonyl (C=O) groups excluding carboxylic acids is 2. The highest BCUT2D eigenvalue weighted by Crippen LogP contribution is 2.56. The largest absolute Gasteiger partial charge is 0.488 e. The van der Waals surface area contributed by atoms with Crippen LogP contribution < -0.4 is 9.47 Å². The van der Waals surface area contributed by atoms with E-state index in [1.54, 1.807) is 24.3 Å². The zero-order valence-corrected chi connectivity index (χ0v) is 28.1. The number of benzene rings is 3. The molecule has 220 valence electrons. The minimum Gasteiger partial charge on any atom is -0.488 e. The smallest absolute Gasteiger partial charge is 0.343 e. The van der Waals surface area contributed by atoms with E-state index in [9.17, 15) is 9.59 Å². The fraction of sp³-hybridized carbons (Fsp3) is 0.471. The number of carbonyl (C=O) groups is 2. The van der Waals surface area contributed by atoms with E-state index in [4.69, 9.17) is 9.47 Å². The van der Waals surface area contributed by atoms with Crippen molar-refractivity contribution >= 4 is 42.6 Å². The van der Waals surface area contributed by atoms with Crippen LogP contribution in [0.1, 0.15) is 75.1 Å². The van der Waals surface area contributed by atoms with Gasteiger partial charge in [0.25, 0.3) is 0 Å². The molecule has 3 aromatic carbocycles. The van der Waals surface area contributed by atoms with Crippen molar-refractivity contribution in [1.29, 1.82) is 0 Å². The van der Waals surface area contributed by atoms with Gasteiger partial charge in [-0.2, -0.15) is 0 Å². The predicted octanol–water partition coefficient (Wildman–Crippen LogP) is 9.35. The number of Topliss-reactive ketones (excluding diaryl/α,β-unsaturated/α-hetero) is 1. The number of esters is 1. The molecule has 4 nitrogen and oxygen atoms in total. The van der Waals surface area contributed by atoms with Gasteiger partial charge in [0, 0.05) is 20.8 Å². The highest BCUT2D eigenvalue weighted by atomic mass is 32.3. The molecular weight excluding hydrogens is 537 g/mol. The van der Waals surface area contributed by atoms with Gasteiger partial charge < -0.3 is 9.47 Å². The zero-order valence-electron chi connectivity index (χ0n) is 26.5. The molecule has 0 saturated carbocycles. The van der Waals surface area contributed by atoms with Crippen molar-refractivity contribution in [1.82, 2.24) is 0 Å². The third-order valence-corrected chi connectivity index (χ3v) is 10.9. The Morgan fingerprint density at radius 1 is 0.675 bits per heavy atom. The summed E-state index contributed by atoms with van der Waals surface area (Å²) in [6, 6.07) is 15.2.